The van der Waals surface area contributed by atoms with Gasteiger partial charge in [-0.05, 0) is 33.3 Å². The largest absolute Gasteiger partial charge is 0.485 e. The number of halogens is 2. The molecule has 1 heterocycles. The van der Waals surface area contributed by atoms with Gasteiger partial charge in [-0.3, -0.25) is 0 Å². The van der Waals surface area contributed by atoms with E-state index in [-0.39, 0.29) is 0 Å². The molecule has 0 N–H and O–H groups in total. The maximum atomic E-state index is 13.5. The fourth-order valence-corrected chi connectivity index (χ4v) is 3.16. The second-order valence-electron chi connectivity index (χ2n) is 5.69. The molecule has 8 heteroatoms. The van der Waals surface area contributed by atoms with Crippen LogP contribution in [0.1, 0.15) is 0 Å². The molecule has 1 aliphatic heterocycles. The van der Waals surface area contributed by atoms with Gasteiger partial charge in [0.1, 0.15) is 29.6 Å². The van der Waals surface area contributed by atoms with Gasteiger partial charge in [0, 0.05) is 0 Å². The van der Waals surface area contributed by atoms with Gasteiger partial charge in [-0.1, -0.05) is 36.4 Å². The van der Waals surface area contributed by atoms with E-state index in [1.165, 1.54) is 0 Å². The molecule has 1 saturated heterocycles. The van der Waals surface area contributed by atoms with Crippen LogP contribution in [-0.2, 0) is 14.6 Å². The highest BCUT2D eigenvalue weighted by molar-refractivity contribution is 7.80. The Morgan fingerprint density at radius 1 is 0.808 bits per heavy atom. The van der Waals surface area contributed by atoms with Crippen LogP contribution in [0.15, 0.2) is 60.7 Å². The third-order valence-electron chi connectivity index (χ3n) is 3.97. The summed E-state index contributed by atoms with van der Waals surface area (Å²) in [5.74, 6) is 0.934. The van der Waals surface area contributed by atoms with Crippen molar-refractivity contribution in [3.8, 4) is 11.5 Å². The number of rotatable bonds is 7. The quantitative estimate of drug-likeness (QED) is 0.738. The number of benzene rings is 2. The molecular formula is C18H18F2O5S. The van der Waals surface area contributed by atoms with Crippen molar-refractivity contribution in [2.24, 2.45) is 0 Å². The van der Waals surface area contributed by atoms with Gasteiger partial charge in [0.2, 0.25) is 0 Å². The van der Waals surface area contributed by atoms with E-state index in [4.69, 9.17) is 14.2 Å². The van der Waals surface area contributed by atoms with Crippen LogP contribution in [0.25, 0.3) is 0 Å². The number of ether oxygens (including phenoxy) is 3. The molecule has 0 bridgehead atoms. The van der Waals surface area contributed by atoms with E-state index in [1.54, 1.807) is 54.6 Å². The molecule has 140 valence electrons. The van der Waals surface area contributed by atoms with Crippen molar-refractivity contribution in [1.29, 1.82) is 0 Å². The zero-order valence-corrected chi connectivity index (χ0v) is 14.5. The first-order valence-electron chi connectivity index (χ1n) is 8.01. The molecule has 0 aromatic heterocycles. The number of para-hydroxylation sites is 2. The molecule has 2 aromatic rings. The summed E-state index contributed by atoms with van der Waals surface area (Å²) in [4.78, 5) is 7.84. The fourth-order valence-electron chi connectivity index (χ4n) is 2.77. The van der Waals surface area contributed by atoms with Crippen LogP contribution >= 0.6 is 12.6 Å². The zero-order chi connectivity index (χ0) is 18.4. The van der Waals surface area contributed by atoms with Gasteiger partial charge in [-0.2, -0.15) is 9.88 Å². The van der Waals surface area contributed by atoms with Crippen LogP contribution < -0.4 is 9.47 Å². The lowest BCUT2D eigenvalue weighted by Gasteiger charge is -2.42. The van der Waals surface area contributed by atoms with Gasteiger partial charge in [0.15, 0.2) is 18.3 Å². The lowest BCUT2D eigenvalue weighted by atomic mass is 9.99. The summed E-state index contributed by atoms with van der Waals surface area (Å²) >= 11 is 4.29. The lowest BCUT2D eigenvalue weighted by Crippen LogP contribution is -2.61. The average molecular weight is 384 g/mol. The number of thiol groups is 1. The van der Waals surface area contributed by atoms with E-state index >= 15 is 0 Å². The Hall–Kier alpha value is -1.87. The Labute approximate surface area is 155 Å². The van der Waals surface area contributed by atoms with Gasteiger partial charge in [0.25, 0.3) is 0 Å². The van der Waals surface area contributed by atoms with Crippen molar-refractivity contribution < 1.29 is 33.1 Å². The molecule has 2 aromatic carbocycles. The third kappa shape index (κ3) is 4.45. The van der Waals surface area contributed by atoms with Crippen molar-refractivity contribution in [2.75, 3.05) is 6.61 Å². The number of hydrogen-bond donors (Lipinski definition) is 1. The molecular weight excluding hydrogens is 366 g/mol. The molecule has 5 unspecified atom stereocenters. The van der Waals surface area contributed by atoms with E-state index in [2.05, 4.69) is 22.5 Å². The maximum absolute atomic E-state index is 13.5. The summed E-state index contributed by atoms with van der Waals surface area (Å²) in [6.07, 6.45) is -4.11. The van der Waals surface area contributed by atoms with Crippen molar-refractivity contribution >= 4 is 12.6 Å². The van der Waals surface area contributed by atoms with Crippen molar-refractivity contribution in [3.63, 3.8) is 0 Å². The van der Waals surface area contributed by atoms with Crippen LogP contribution in [0.5, 0.6) is 11.5 Å². The fraction of sp³-hybridized carbons (Fsp3) is 0.333. The van der Waals surface area contributed by atoms with Crippen molar-refractivity contribution in [1.82, 2.24) is 0 Å². The summed E-state index contributed by atoms with van der Waals surface area (Å²) < 4.78 is 43.2. The highest BCUT2D eigenvalue weighted by Crippen LogP contribution is 2.32. The molecule has 3 rings (SSSR count). The van der Waals surface area contributed by atoms with E-state index in [0.29, 0.717) is 11.5 Å². The summed E-state index contributed by atoms with van der Waals surface area (Å²) in [6.45, 7) is -0.466. The Kier molecular flexibility index (Phi) is 6.67. The lowest BCUT2D eigenvalue weighted by molar-refractivity contribution is -0.290. The van der Waals surface area contributed by atoms with Crippen LogP contribution in [-0.4, -0.2) is 36.5 Å². The Bertz CT molecular complexity index is 663. The molecule has 0 saturated carbocycles. The second-order valence-corrected chi connectivity index (χ2v) is 6.19. The van der Waals surface area contributed by atoms with E-state index in [1.807, 2.05) is 6.07 Å². The minimum atomic E-state index is -1.22. The third-order valence-corrected chi connectivity index (χ3v) is 4.39. The van der Waals surface area contributed by atoms with E-state index in [0.717, 1.165) is 0 Å². The average Bonchev–Trinajstić information content (AvgIpc) is 2.67. The van der Waals surface area contributed by atoms with Gasteiger partial charge >= 0.3 is 0 Å². The first-order valence-corrected chi connectivity index (χ1v) is 8.52. The number of hydrogen-bond acceptors (Lipinski definition) is 6. The SMILES string of the molecule is FOCC1OC(S)C(Oc2ccccc2)C(OF)C1Oc1ccccc1. The monoisotopic (exact) mass is 384 g/mol. The summed E-state index contributed by atoms with van der Waals surface area (Å²) in [5.41, 5.74) is -0.883. The predicted molar refractivity (Wildman–Crippen MR) is 92.4 cm³/mol. The molecule has 1 aliphatic rings. The second kappa shape index (κ2) is 9.18. The Morgan fingerprint density at radius 2 is 1.35 bits per heavy atom. The van der Waals surface area contributed by atoms with Crippen molar-refractivity contribution in [2.45, 2.75) is 29.9 Å². The zero-order valence-electron chi connectivity index (χ0n) is 13.6. The first-order chi connectivity index (χ1) is 12.7. The normalized spacial score (nSPS) is 28.5. The molecule has 0 amide bonds. The predicted octanol–water partition coefficient (Wildman–Crippen LogP) is 3.71. The molecule has 5 atom stereocenters. The van der Waals surface area contributed by atoms with E-state index < -0.39 is 36.5 Å². The van der Waals surface area contributed by atoms with Crippen molar-refractivity contribution in [3.05, 3.63) is 60.7 Å². The molecule has 0 aliphatic carbocycles. The Balaban J connectivity index is 1.84. The van der Waals surface area contributed by atoms with Crippen LogP contribution in [0.3, 0.4) is 0 Å². The Morgan fingerprint density at radius 3 is 1.85 bits per heavy atom. The summed E-state index contributed by atoms with van der Waals surface area (Å²) in [6, 6.07) is 17.5. The first kappa shape index (κ1) is 18.9. The van der Waals surface area contributed by atoms with E-state index in [9.17, 15) is 9.05 Å². The molecule has 0 radical (unpaired) electrons. The van der Waals surface area contributed by atoms with Crippen LogP contribution in [0, 0.1) is 0 Å². The standard InChI is InChI=1S/C18H18F2O5S/c19-21-11-14-15(22-12-7-3-1-4-8-12)16(25-20)17(18(26)24-14)23-13-9-5-2-6-10-13/h1-10,14-18,26H,11H2. The van der Waals surface area contributed by atoms with Crippen LogP contribution in [0.2, 0.25) is 0 Å². The smallest absolute Gasteiger partial charge is 0.178 e. The van der Waals surface area contributed by atoms with Gasteiger partial charge < -0.3 is 14.2 Å². The highest BCUT2D eigenvalue weighted by atomic mass is 32.1. The summed E-state index contributed by atoms with van der Waals surface area (Å²) in [7, 11) is 0. The topological polar surface area (TPSA) is 46.2 Å². The minimum absolute atomic E-state index is 0.447. The summed E-state index contributed by atoms with van der Waals surface area (Å²) in [5, 5.41) is 0. The van der Waals surface area contributed by atoms with Crippen LogP contribution in [0.4, 0.5) is 9.05 Å². The molecule has 26 heavy (non-hydrogen) atoms. The maximum Gasteiger partial charge on any atom is 0.178 e. The molecule has 1 fully saturated rings. The van der Waals surface area contributed by atoms with Gasteiger partial charge in [-0.25, -0.2) is 0 Å². The minimum Gasteiger partial charge on any atom is -0.485 e. The molecule has 0 spiro atoms. The molecule has 5 nitrogen and oxygen atoms in total. The highest BCUT2D eigenvalue weighted by Gasteiger charge is 2.50. The van der Waals surface area contributed by atoms with Gasteiger partial charge in [-0.15, -0.1) is 12.6 Å². The van der Waals surface area contributed by atoms with Gasteiger partial charge in [0.05, 0.1) is 0 Å².